The number of imide groups is 2. The van der Waals surface area contributed by atoms with E-state index in [9.17, 15) is 19.2 Å². The van der Waals surface area contributed by atoms with Crippen LogP contribution in [0.5, 0.6) is 0 Å². The summed E-state index contributed by atoms with van der Waals surface area (Å²) < 4.78 is 0. The minimum absolute atomic E-state index is 0.0929. The number of nitrogens with one attached hydrogen (secondary N) is 1. The number of likely N-dealkylation sites (N-methyl/N-ethyl adjacent to an activating group) is 2. The molecular weight excluding hydrogens is 370 g/mol. The first-order chi connectivity index (χ1) is 13.9. The molecule has 29 heavy (non-hydrogen) atoms. The minimum atomic E-state index is -0.662. The van der Waals surface area contributed by atoms with Crippen LogP contribution >= 0.6 is 0 Å². The maximum atomic E-state index is 12.3. The second-order valence-electron chi connectivity index (χ2n) is 6.39. The zero-order valence-electron chi connectivity index (χ0n) is 16.0. The average molecular weight is 389 g/mol. The molecule has 0 spiro atoms. The molecule has 3 rings (SSSR count). The number of urea groups is 1. The van der Waals surface area contributed by atoms with Crippen LogP contribution in [0.2, 0.25) is 0 Å². The molecule has 0 atom stereocenters. The van der Waals surface area contributed by atoms with Crippen molar-refractivity contribution in [2.75, 3.05) is 19.4 Å². The standard InChI is InChI=1S/C22H19N3O4/c1-24-20(27)18(21(28)25(2)22(24)29)10-6-7-15-11-13-16(14-12-15)19(26)23-17-8-4-3-5-9-17/h3-14H,1-2H3,(H,23,26)/b7-6+. The van der Waals surface area contributed by atoms with E-state index in [4.69, 9.17) is 0 Å². The van der Waals surface area contributed by atoms with Crippen molar-refractivity contribution < 1.29 is 19.2 Å². The van der Waals surface area contributed by atoms with Crippen LogP contribution in [0, 0.1) is 0 Å². The molecule has 1 fully saturated rings. The van der Waals surface area contributed by atoms with Crippen molar-refractivity contribution in [3.63, 3.8) is 0 Å². The lowest BCUT2D eigenvalue weighted by atomic mass is 10.1. The normalized spacial score (nSPS) is 14.6. The lowest BCUT2D eigenvalue weighted by molar-refractivity contribution is -0.134. The Hall–Kier alpha value is -4.00. The smallest absolute Gasteiger partial charge is 0.322 e. The van der Waals surface area contributed by atoms with Gasteiger partial charge in [0.1, 0.15) is 5.57 Å². The van der Waals surface area contributed by atoms with Gasteiger partial charge in [-0.2, -0.15) is 0 Å². The van der Waals surface area contributed by atoms with E-state index >= 15 is 0 Å². The number of amides is 5. The summed E-state index contributed by atoms with van der Waals surface area (Å²) in [4.78, 5) is 50.0. The molecule has 1 N–H and O–H groups in total. The summed E-state index contributed by atoms with van der Waals surface area (Å²) in [6.45, 7) is 0. The Kier molecular flexibility index (Phi) is 5.69. The fourth-order valence-corrected chi connectivity index (χ4v) is 2.72. The van der Waals surface area contributed by atoms with Gasteiger partial charge < -0.3 is 5.32 Å². The Labute approximate surface area is 167 Å². The monoisotopic (exact) mass is 389 g/mol. The van der Waals surface area contributed by atoms with E-state index in [1.165, 1.54) is 20.2 Å². The Morgan fingerprint density at radius 2 is 1.45 bits per heavy atom. The predicted octanol–water partition coefficient (Wildman–Crippen LogP) is 2.93. The number of benzene rings is 2. The van der Waals surface area contributed by atoms with Crippen LogP contribution < -0.4 is 5.32 Å². The molecule has 0 unspecified atom stereocenters. The van der Waals surface area contributed by atoms with Gasteiger partial charge in [-0.1, -0.05) is 42.5 Å². The van der Waals surface area contributed by atoms with Crippen molar-refractivity contribution in [1.82, 2.24) is 9.80 Å². The molecule has 1 heterocycles. The third-order valence-corrected chi connectivity index (χ3v) is 4.40. The van der Waals surface area contributed by atoms with E-state index in [1.807, 2.05) is 18.2 Å². The van der Waals surface area contributed by atoms with E-state index in [0.717, 1.165) is 15.4 Å². The zero-order valence-corrected chi connectivity index (χ0v) is 16.0. The average Bonchev–Trinajstić information content (AvgIpc) is 2.74. The van der Waals surface area contributed by atoms with Gasteiger partial charge in [0, 0.05) is 25.3 Å². The minimum Gasteiger partial charge on any atom is -0.322 e. The number of carbonyl (C=O) groups excluding carboxylic acids is 4. The summed E-state index contributed by atoms with van der Waals surface area (Å²) in [5.74, 6) is -1.51. The van der Waals surface area contributed by atoms with Crippen molar-refractivity contribution >= 4 is 35.5 Å². The maximum Gasteiger partial charge on any atom is 0.333 e. The highest BCUT2D eigenvalue weighted by Gasteiger charge is 2.37. The third kappa shape index (κ3) is 4.30. The fraction of sp³-hybridized carbons (Fsp3) is 0.0909. The summed E-state index contributed by atoms with van der Waals surface area (Å²) in [7, 11) is 2.65. The Balaban J connectivity index is 1.69. The van der Waals surface area contributed by atoms with Crippen molar-refractivity contribution in [3.05, 3.63) is 83.4 Å². The number of para-hydroxylation sites is 1. The molecule has 0 radical (unpaired) electrons. The van der Waals surface area contributed by atoms with E-state index in [-0.39, 0.29) is 11.5 Å². The molecule has 146 valence electrons. The summed E-state index contributed by atoms with van der Waals surface area (Å²) in [6.07, 6.45) is 4.63. The van der Waals surface area contributed by atoms with E-state index in [0.29, 0.717) is 11.3 Å². The summed E-state index contributed by atoms with van der Waals surface area (Å²) >= 11 is 0. The number of nitrogens with zero attached hydrogens (tertiary/aromatic N) is 2. The van der Waals surface area contributed by atoms with Gasteiger partial charge in [0.15, 0.2) is 0 Å². The van der Waals surface area contributed by atoms with Gasteiger partial charge in [-0.3, -0.25) is 24.2 Å². The van der Waals surface area contributed by atoms with Crippen molar-refractivity contribution in [2.45, 2.75) is 0 Å². The Bertz CT molecular complexity index is 998. The first-order valence-corrected chi connectivity index (χ1v) is 8.83. The van der Waals surface area contributed by atoms with Gasteiger partial charge in [0.05, 0.1) is 0 Å². The number of hydrogen-bond acceptors (Lipinski definition) is 4. The van der Waals surface area contributed by atoms with Gasteiger partial charge in [0.2, 0.25) is 0 Å². The molecule has 2 aromatic carbocycles. The topological polar surface area (TPSA) is 86.8 Å². The fourth-order valence-electron chi connectivity index (χ4n) is 2.72. The quantitative estimate of drug-likeness (QED) is 0.643. The Morgan fingerprint density at radius 3 is 2.03 bits per heavy atom. The SMILES string of the molecule is CN1C(=O)C(=C/C=C/c2ccc(C(=O)Nc3ccccc3)cc2)C(=O)N(C)C1=O. The zero-order chi connectivity index (χ0) is 21.0. The highest BCUT2D eigenvalue weighted by molar-refractivity contribution is 6.28. The molecule has 0 aliphatic carbocycles. The molecule has 0 aromatic heterocycles. The molecule has 5 amide bonds. The van der Waals surface area contributed by atoms with Crippen LogP contribution in [0.3, 0.4) is 0 Å². The van der Waals surface area contributed by atoms with Crippen LogP contribution in [0.25, 0.3) is 6.08 Å². The first kappa shape index (κ1) is 19.8. The predicted molar refractivity (Wildman–Crippen MR) is 109 cm³/mol. The molecule has 0 bridgehead atoms. The Morgan fingerprint density at radius 1 is 0.862 bits per heavy atom. The second kappa shape index (κ2) is 8.35. The molecule has 1 aliphatic rings. The van der Waals surface area contributed by atoms with Crippen molar-refractivity contribution in [2.24, 2.45) is 0 Å². The van der Waals surface area contributed by atoms with E-state index in [1.54, 1.807) is 48.6 Å². The van der Waals surface area contributed by atoms with Gasteiger partial charge in [-0.15, -0.1) is 0 Å². The van der Waals surface area contributed by atoms with E-state index in [2.05, 4.69) is 5.32 Å². The van der Waals surface area contributed by atoms with Crippen LogP contribution in [0.1, 0.15) is 15.9 Å². The van der Waals surface area contributed by atoms with Crippen LogP contribution in [-0.4, -0.2) is 47.6 Å². The highest BCUT2D eigenvalue weighted by Crippen LogP contribution is 2.15. The van der Waals surface area contributed by atoms with Crippen LogP contribution in [0.15, 0.2) is 72.3 Å². The number of carbonyl (C=O) groups is 4. The van der Waals surface area contributed by atoms with Crippen LogP contribution in [-0.2, 0) is 9.59 Å². The van der Waals surface area contributed by atoms with Crippen LogP contribution in [0.4, 0.5) is 10.5 Å². The van der Waals surface area contributed by atoms with E-state index < -0.39 is 17.8 Å². The first-order valence-electron chi connectivity index (χ1n) is 8.83. The molecule has 1 saturated heterocycles. The molecule has 7 nitrogen and oxygen atoms in total. The molecule has 0 saturated carbocycles. The number of allylic oxidation sites excluding steroid dienone is 2. The molecule has 7 heteroatoms. The lowest BCUT2D eigenvalue weighted by Crippen LogP contribution is -2.52. The lowest BCUT2D eigenvalue weighted by Gasteiger charge is -2.28. The van der Waals surface area contributed by atoms with Gasteiger partial charge in [0.25, 0.3) is 17.7 Å². The number of barbiturate groups is 1. The molecular formula is C22H19N3O4. The molecule has 1 aliphatic heterocycles. The maximum absolute atomic E-state index is 12.3. The molecule has 2 aromatic rings. The third-order valence-electron chi connectivity index (χ3n) is 4.40. The number of anilines is 1. The van der Waals surface area contributed by atoms with Crippen molar-refractivity contribution in [1.29, 1.82) is 0 Å². The largest absolute Gasteiger partial charge is 0.333 e. The van der Waals surface area contributed by atoms with Crippen molar-refractivity contribution in [3.8, 4) is 0 Å². The second-order valence-corrected chi connectivity index (χ2v) is 6.39. The number of rotatable bonds is 4. The number of hydrogen-bond donors (Lipinski definition) is 1. The summed E-state index contributed by atoms with van der Waals surface area (Å²) in [5.41, 5.74) is 1.91. The van der Waals surface area contributed by atoms with Gasteiger partial charge in [-0.25, -0.2) is 4.79 Å². The highest BCUT2D eigenvalue weighted by atomic mass is 16.2. The summed E-state index contributed by atoms with van der Waals surface area (Å²) in [6, 6.07) is 15.4. The van der Waals surface area contributed by atoms with Gasteiger partial charge >= 0.3 is 6.03 Å². The summed E-state index contributed by atoms with van der Waals surface area (Å²) in [5, 5.41) is 2.81. The van der Waals surface area contributed by atoms with Gasteiger partial charge in [-0.05, 0) is 35.9 Å².